The van der Waals surface area contributed by atoms with Crippen molar-refractivity contribution in [2.45, 2.75) is 29.0 Å². The first-order chi connectivity index (χ1) is 9.89. The Bertz CT molecular complexity index is 764. The van der Waals surface area contributed by atoms with Gasteiger partial charge in [0.15, 0.2) is 5.03 Å². The SMILES string of the molecule is Cc1nc(S(=O)(=O)N2CC(C)Sc3ccccc32)cn1C. The number of benzene rings is 1. The largest absolute Gasteiger partial charge is 0.337 e. The normalized spacial score (nSPS) is 18.6. The Balaban J connectivity index is 2.11. The van der Waals surface area contributed by atoms with Gasteiger partial charge in [0.05, 0.1) is 5.69 Å². The van der Waals surface area contributed by atoms with Crippen molar-refractivity contribution in [3.63, 3.8) is 0 Å². The van der Waals surface area contributed by atoms with Crippen LogP contribution in [0.15, 0.2) is 40.4 Å². The molecule has 0 saturated carbocycles. The monoisotopic (exact) mass is 323 g/mol. The van der Waals surface area contributed by atoms with Crippen LogP contribution >= 0.6 is 11.8 Å². The quantitative estimate of drug-likeness (QED) is 0.852. The Morgan fingerprint density at radius 2 is 2.05 bits per heavy atom. The Kier molecular flexibility index (Phi) is 3.49. The van der Waals surface area contributed by atoms with Gasteiger partial charge in [-0.05, 0) is 19.1 Å². The van der Waals surface area contributed by atoms with E-state index in [1.807, 2.05) is 31.2 Å². The van der Waals surface area contributed by atoms with Gasteiger partial charge in [-0.1, -0.05) is 19.1 Å². The van der Waals surface area contributed by atoms with Crippen LogP contribution in [0.1, 0.15) is 12.7 Å². The summed E-state index contributed by atoms with van der Waals surface area (Å²) in [7, 11) is -1.83. The number of sulfonamides is 1. The molecular formula is C14H17N3O2S2. The number of nitrogens with zero attached hydrogens (tertiary/aromatic N) is 3. The zero-order valence-electron chi connectivity index (χ0n) is 12.1. The minimum absolute atomic E-state index is 0.108. The molecular weight excluding hydrogens is 306 g/mol. The van der Waals surface area contributed by atoms with Gasteiger partial charge in [0.25, 0.3) is 10.0 Å². The van der Waals surface area contributed by atoms with Crippen LogP contribution in [0.2, 0.25) is 0 Å². The van der Waals surface area contributed by atoms with Crippen molar-refractivity contribution in [2.75, 3.05) is 10.8 Å². The zero-order chi connectivity index (χ0) is 15.2. The van der Waals surface area contributed by atoms with Gasteiger partial charge in [0.1, 0.15) is 5.82 Å². The number of para-hydroxylation sites is 1. The summed E-state index contributed by atoms with van der Waals surface area (Å²) in [4.78, 5) is 5.17. The molecule has 1 aromatic carbocycles. The number of hydrogen-bond donors (Lipinski definition) is 0. The highest BCUT2D eigenvalue weighted by Crippen LogP contribution is 2.40. The van der Waals surface area contributed by atoms with Crippen molar-refractivity contribution in [1.82, 2.24) is 9.55 Å². The second-order valence-corrected chi connectivity index (χ2v) is 8.46. The van der Waals surface area contributed by atoms with E-state index in [0.717, 1.165) is 10.6 Å². The number of aromatic nitrogens is 2. The van der Waals surface area contributed by atoms with E-state index < -0.39 is 10.0 Å². The van der Waals surface area contributed by atoms with Crippen LogP contribution in [-0.2, 0) is 17.1 Å². The second-order valence-electron chi connectivity index (χ2n) is 5.17. The lowest BCUT2D eigenvalue weighted by atomic mass is 10.3. The lowest BCUT2D eigenvalue weighted by Gasteiger charge is -2.32. The lowest BCUT2D eigenvalue weighted by Crippen LogP contribution is -2.38. The van der Waals surface area contributed by atoms with E-state index in [9.17, 15) is 8.42 Å². The van der Waals surface area contributed by atoms with Gasteiger partial charge in [-0.3, -0.25) is 4.31 Å². The highest BCUT2D eigenvalue weighted by atomic mass is 32.2. The molecule has 0 fully saturated rings. The average Bonchev–Trinajstić information content (AvgIpc) is 2.78. The molecule has 1 atom stereocenters. The van der Waals surface area contributed by atoms with Crippen LogP contribution in [0.25, 0.3) is 0 Å². The Morgan fingerprint density at radius 3 is 2.71 bits per heavy atom. The van der Waals surface area contributed by atoms with Crippen molar-refractivity contribution < 1.29 is 8.42 Å². The maximum atomic E-state index is 12.9. The maximum Gasteiger partial charge on any atom is 0.283 e. The average molecular weight is 323 g/mol. The van der Waals surface area contributed by atoms with E-state index >= 15 is 0 Å². The van der Waals surface area contributed by atoms with E-state index in [1.165, 1.54) is 4.31 Å². The maximum absolute atomic E-state index is 12.9. The molecule has 0 aliphatic carbocycles. The number of fused-ring (bicyclic) bond motifs is 1. The van der Waals surface area contributed by atoms with Gasteiger partial charge in [-0.15, -0.1) is 11.8 Å². The third-order valence-electron chi connectivity index (χ3n) is 3.53. The molecule has 7 heteroatoms. The van der Waals surface area contributed by atoms with Gasteiger partial charge in [0.2, 0.25) is 0 Å². The first kappa shape index (κ1) is 14.5. The van der Waals surface area contributed by atoms with Crippen LogP contribution in [0, 0.1) is 6.92 Å². The number of thioether (sulfide) groups is 1. The smallest absolute Gasteiger partial charge is 0.283 e. The summed E-state index contributed by atoms with van der Waals surface area (Å²) in [6.07, 6.45) is 1.57. The number of hydrogen-bond acceptors (Lipinski definition) is 4. The molecule has 0 spiro atoms. The van der Waals surface area contributed by atoms with Crippen LogP contribution in [-0.4, -0.2) is 29.8 Å². The first-order valence-electron chi connectivity index (χ1n) is 6.68. The summed E-state index contributed by atoms with van der Waals surface area (Å²) in [5.41, 5.74) is 0.740. The molecule has 0 radical (unpaired) electrons. The van der Waals surface area contributed by atoms with Crippen molar-refractivity contribution >= 4 is 27.5 Å². The molecule has 2 aromatic rings. The summed E-state index contributed by atoms with van der Waals surface area (Å²) in [6.45, 7) is 4.29. The van der Waals surface area contributed by atoms with Crippen molar-refractivity contribution in [2.24, 2.45) is 7.05 Å². The molecule has 1 aliphatic heterocycles. The summed E-state index contributed by atoms with van der Waals surface area (Å²) in [5.74, 6) is 0.682. The van der Waals surface area contributed by atoms with Crippen LogP contribution < -0.4 is 4.31 Å². The fraction of sp³-hybridized carbons (Fsp3) is 0.357. The molecule has 1 unspecified atom stereocenters. The molecule has 21 heavy (non-hydrogen) atoms. The van der Waals surface area contributed by atoms with Gasteiger partial charge in [-0.2, -0.15) is 8.42 Å². The molecule has 112 valence electrons. The Morgan fingerprint density at radius 1 is 1.33 bits per heavy atom. The second kappa shape index (κ2) is 5.06. The van der Waals surface area contributed by atoms with Crippen molar-refractivity contribution in [3.05, 3.63) is 36.3 Å². The van der Waals surface area contributed by atoms with Crippen LogP contribution in [0.3, 0.4) is 0 Å². The molecule has 1 aliphatic rings. The number of anilines is 1. The van der Waals surface area contributed by atoms with Gasteiger partial charge < -0.3 is 4.57 Å². The topological polar surface area (TPSA) is 55.2 Å². The van der Waals surface area contributed by atoms with Gasteiger partial charge in [0, 0.05) is 29.9 Å². The molecule has 2 heterocycles. The third kappa shape index (κ3) is 2.44. The highest BCUT2D eigenvalue weighted by molar-refractivity contribution is 8.00. The fourth-order valence-corrected chi connectivity index (χ4v) is 5.21. The lowest BCUT2D eigenvalue weighted by molar-refractivity contribution is 0.586. The third-order valence-corrected chi connectivity index (χ3v) is 6.33. The number of imidazole rings is 1. The van der Waals surface area contributed by atoms with E-state index in [1.54, 1.807) is 36.5 Å². The minimum Gasteiger partial charge on any atom is -0.337 e. The molecule has 1 aromatic heterocycles. The summed E-state index contributed by atoms with van der Waals surface area (Å²) in [5, 5.41) is 0.316. The number of aryl methyl sites for hydroxylation is 2. The molecule has 0 N–H and O–H groups in total. The molecule has 3 rings (SSSR count). The van der Waals surface area contributed by atoms with Gasteiger partial charge in [-0.25, -0.2) is 4.98 Å². The summed E-state index contributed by atoms with van der Waals surface area (Å²) >= 11 is 1.70. The minimum atomic E-state index is -3.62. The standard InChI is InChI=1S/C14H17N3O2S2/c1-10-8-17(12-6-4-5-7-13(12)20-10)21(18,19)14-9-16(3)11(2)15-14/h4-7,9-10H,8H2,1-3H3. The summed E-state index contributed by atoms with van der Waals surface area (Å²) < 4.78 is 29.0. The fourth-order valence-electron chi connectivity index (χ4n) is 2.34. The predicted molar refractivity (Wildman–Crippen MR) is 84.2 cm³/mol. The van der Waals surface area contributed by atoms with E-state index in [2.05, 4.69) is 4.98 Å². The molecule has 5 nitrogen and oxygen atoms in total. The van der Waals surface area contributed by atoms with E-state index in [-0.39, 0.29) is 10.3 Å². The molecule has 0 saturated heterocycles. The van der Waals surface area contributed by atoms with Gasteiger partial charge >= 0.3 is 0 Å². The molecule has 0 bridgehead atoms. The Labute approximate surface area is 129 Å². The van der Waals surface area contributed by atoms with Crippen LogP contribution in [0.5, 0.6) is 0 Å². The zero-order valence-corrected chi connectivity index (χ0v) is 13.8. The number of rotatable bonds is 2. The highest BCUT2D eigenvalue weighted by Gasteiger charge is 2.33. The predicted octanol–water partition coefficient (Wildman–Crippen LogP) is 2.42. The van der Waals surface area contributed by atoms with Crippen molar-refractivity contribution in [1.29, 1.82) is 0 Å². The Hall–Kier alpha value is -1.47. The van der Waals surface area contributed by atoms with Crippen molar-refractivity contribution in [3.8, 4) is 0 Å². The molecule has 0 amide bonds. The van der Waals surface area contributed by atoms with Crippen LogP contribution in [0.4, 0.5) is 5.69 Å². The van der Waals surface area contributed by atoms with E-state index in [0.29, 0.717) is 12.4 Å². The van der Waals surface area contributed by atoms with E-state index in [4.69, 9.17) is 0 Å². The first-order valence-corrected chi connectivity index (χ1v) is 9.00. The summed E-state index contributed by atoms with van der Waals surface area (Å²) in [6, 6.07) is 7.60.